The average Bonchev–Trinajstić information content (AvgIpc) is 3.20. The molecule has 5 aromatic rings. The van der Waals surface area contributed by atoms with Crippen LogP contribution in [0.25, 0.3) is 39.0 Å². The van der Waals surface area contributed by atoms with E-state index in [2.05, 4.69) is 24.3 Å². The van der Waals surface area contributed by atoms with Gasteiger partial charge in [0.2, 0.25) is 0 Å². The number of ether oxygens (including phenoxy) is 1. The summed E-state index contributed by atoms with van der Waals surface area (Å²) in [5.74, 6) is 0.829. The molecule has 1 aliphatic carbocycles. The Kier molecular flexibility index (Phi) is 4.20. The third-order valence-electron chi connectivity index (χ3n) is 6.08. The fraction of sp³-hybridized carbons (Fsp3) is 0.192. The molecule has 0 N–H and O–H groups in total. The van der Waals surface area contributed by atoms with E-state index in [-0.39, 0.29) is 0 Å². The van der Waals surface area contributed by atoms with E-state index >= 15 is 0 Å². The first kappa shape index (κ1) is 18.1. The molecule has 0 unspecified atom stereocenters. The quantitative estimate of drug-likeness (QED) is 0.396. The average molecular weight is 406 g/mol. The Morgan fingerprint density at radius 3 is 2.48 bits per heavy atom. The molecule has 0 spiro atoms. The van der Waals surface area contributed by atoms with E-state index in [1.807, 2.05) is 47.1 Å². The maximum atomic E-state index is 5.33. The zero-order valence-corrected chi connectivity index (χ0v) is 17.4. The third-order valence-corrected chi connectivity index (χ3v) is 6.08. The Bertz CT molecular complexity index is 1410. The van der Waals surface area contributed by atoms with Gasteiger partial charge in [0.05, 0.1) is 12.8 Å². The summed E-state index contributed by atoms with van der Waals surface area (Å²) in [6.45, 7) is 0. The number of benzene rings is 2. The van der Waals surface area contributed by atoms with E-state index in [4.69, 9.17) is 19.8 Å². The number of methoxy groups -OCH3 is 1. The zero-order chi connectivity index (χ0) is 20.8. The minimum Gasteiger partial charge on any atom is -0.497 e. The molecule has 0 amide bonds. The van der Waals surface area contributed by atoms with Crippen molar-refractivity contribution in [2.24, 2.45) is 0 Å². The van der Waals surface area contributed by atoms with Crippen molar-refractivity contribution in [2.45, 2.75) is 25.7 Å². The summed E-state index contributed by atoms with van der Waals surface area (Å²) in [4.78, 5) is 9.94. The Hall–Kier alpha value is -3.73. The van der Waals surface area contributed by atoms with Crippen LogP contribution in [0.2, 0.25) is 0 Å². The van der Waals surface area contributed by atoms with Crippen molar-refractivity contribution in [1.82, 2.24) is 19.7 Å². The molecule has 0 saturated carbocycles. The van der Waals surface area contributed by atoms with Crippen LogP contribution >= 0.6 is 0 Å². The molecule has 0 aliphatic heterocycles. The van der Waals surface area contributed by atoms with E-state index in [0.29, 0.717) is 0 Å². The van der Waals surface area contributed by atoms with E-state index in [0.717, 1.165) is 57.6 Å². The maximum Gasteiger partial charge on any atom is 0.166 e. The lowest BCUT2D eigenvalue weighted by Gasteiger charge is -2.15. The fourth-order valence-corrected chi connectivity index (χ4v) is 4.47. The van der Waals surface area contributed by atoms with Gasteiger partial charge in [0.25, 0.3) is 0 Å². The highest BCUT2D eigenvalue weighted by molar-refractivity contribution is 5.98. The first-order valence-corrected chi connectivity index (χ1v) is 10.7. The van der Waals surface area contributed by atoms with Gasteiger partial charge in [-0.05, 0) is 79.8 Å². The van der Waals surface area contributed by atoms with E-state index < -0.39 is 0 Å². The van der Waals surface area contributed by atoms with Crippen LogP contribution in [-0.4, -0.2) is 26.9 Å². The number of hydrogen-bond acceptors (Lipinski definition) is 4. The molecule has 0 atom stereocenters. The molecule has 2 aromatic carbocycles. The lowest BCUT2D eigenvalue weighted by atomic mass is 9.95. The van der Waals surface area contributed by atoms with Crippen LogP contribution in [-0.2, 0) is 12.8 Å². The number of hydrogen-bond donors (Lipinski definition) is 0. The van der Waals surface area contributed by atoms with Crippen molar-refractivity contribution in [3.8, 4) is 22.7 Å². The molecule has 0 saturated heterocycles. The first-order chi connectivity index (χ1) is 15.3. The summed E-state index contributed by atoms with van der Waals surface area (Å²) in [5.41, 5.74) is 7.12. The lowest BCUT2D eigenvalue weighted by molar-refractivity contribution is 0.415. The molecule has 3 aromatic heterocycles. The number of pyridine rings is 2. The Morgan fingerprint density at radius 1 is 0.871 bits per heavy atom. The molecule has 6 rings (SSSR count). The second-order valence-electron chi connectivity index (χ2n) is 8.03. The highest BCUT2D eigenvalue weighted by atomic mass is 16.5. The minimum atomic E-state index is 0.798. The van der Waals surface area contributed by atoms with Gasteiger partial charge in [0.15, 0.2) is 11.3 Å². The van der Waals surface area contributed by atoms with Gasteiger partial charge in [-0.1, -0.05) is 18.2 Å². The van der Waals surface area contributed by atoms with Gasteiger partial charge in [-0.25, -0.2) is 14.6 Å². The van der Waals surface area contributed by atoms with Crippen LogP contribution in [0.15, 0.2) is 66.7 Å². The lowest BCUT2D eigenvalue weighted by Crippen LogP contribution is -2.06. The van der Waals surface area contributed by atoms with E-state index in [9.17, 15) is 0 Å². The maximum absolute atomic E-state index is 5.33. The molecule has 152 valence electrons. The predicted molar refractivity (Wildman–Crippen MR) is 123 cm³/mol. The minimum absolute atomic E-state index is 0.798. The Balaban J connectivity index is 1.63. The van der Waals surface area contributed by atoms with E-state index in [1.165, 1.54) is 24.1 Å². The standard InChI is InChI=1S/C26H22N4O/c1-31-21-13-11-17(12-14-21)24-22-16-19-15-18-7-5-6-10-23(18)27-25(19)28-26(22)30(29-24)20-8-3-2-4-9-20/h2-4,8-9,11-16H,5-7,10H2,1H3. The number of fused-ring (bicyclic) bond motifs is 3. The van der Waals surface area contributed by atoms with Gasteiger partial charge in [0, 0.05) is 22.0 Å². The molecular weight excluding hydrogens is 384 g/mol. The van der Waals surface area contributed by atoms with Crippen molar-refractivity contribution >= 4 is 22.1 Å². The van der Waals surface area contributed by atoms with Gasteiger partial charge in [-0.15, -0.1) is 0 Å². The van der Waals surface area contributed by atoms with Crippen molar-refractivity contribution in [2.75, 3.05) is 7.11 Å². The van der Waals surface area contributed by atoms with Gasteiger partial charge < -0.3 is 4.74 Å². The summed E-state index contributed by atoms with van der Waals surface area (Å²) >= 11 is 0. The molecule has 0 bridgehead atoms. The third kappa shape index (κ3) is 3.05. The molecule has 3 heterocycles. The van der Waals surface area contributed by atoms with Crippen LogP contribution in [0, 0.1) is 0 Å². The Labute approximate surface area is 180 Å². The fourth-order valence-electron chi connectivity index (χ4n) is 4.47. The highest BCUT2D eigenvalue weighted by Gasteiger charge is 2.18. The number of nitrogens with zero attached hydrogens (tertiary/aromatic N) is 4. The SMILES string of the molecule is COc1ccc(-c2nn(-c3ccccc3)c3nc4nc5c(cc4cc23)CCCC5)cc1. The molecule has 0 radical (unpaired) electrons. The largest absolute Gasteiger partial charge is 0.497 e. The van der Waals surface area contributed by atoms with Gasteiger partial charge in [0.1, 0.15) is 11.4 Å². The number of rotatable bonds is 3. The van der Waals surface area contributed by atoms with Crippen LogP contribution < -0.4 is 4.74 Å². The van der Waals surface area contributed by atoms with Crippen molar-refractivity contribution < 1.29 is 4.74 Å². The normalized spacial score (nSPS) is 13.5. The van der Waals surface area contributed by atoms with Crippen molar-refractivity contribution in [1.29, 1.82) is 0 Å². The Morgan fingerprint density at radius 2 is 1.68 bits per heavy atom. The van der Waals surface area contributed by atoms with Crippen molar-refractivity contribution in [3.05, 3.63) is 78.0 Å². The molecule has 31 heavy (non-hydrogen) atoms. The monoisotopic (exact) mass is 406 g/mol. The smallest absolute Gasteiger partial charge is 0.166 e. The molecular formula is C26H22N4O. The summed E-state index contributed by atoms with van der Waals surface area (Å²) in [6, 6.07) is 22.7. The summed E-state index contributed by atoms with van der Waals surface area (Å²) < 4.78 is 7.26. The number of para-hydroxylation sites is 1. The molecule has 5 heteroatoms. The van der Waals surface area contributed by atoms with Crippen LogP contribution in [0.4, 0.5) is 0 Å². The van der Waals surface area contributed by atoms with Gasteiger partial charge >= 0.3 is 0 Å². The summed E-state index contributed by atoms with van der Waals surface area (Å²) in [7, 11) is 1.68. The topological polar surface area (TPSA) is 52.8 Å². The summed E-state index contributed by atoms with van der Waals surface area (Å²) in [6.07, 6.45) is 4.58. The van der Waals surface area contributed by atoms with Crippen LogP contribution in [0.3, 0.4) is 0 Å². The first-order valence-electron chi connectivity index (χ1n) is 10.7. The van der Waals surface area contributed by atoms with Gasteiger partial charge in [-0.3, -0.25) is 0 Å². The van der Waals surface area contributed by atoms with Crippen LogP contribution in [0.1, 0.15) is 24.1 Å². The molecule has 5 nitrogen and oxygen atoms in total. The highest BCUT2D eigenvalue weighted by Crippen LogP contribution is 2.33. The number of aromatic nitrogens is 4. The number of aryl methyl sites for hydroxylation is 2. The summed E-state index contributed by atoms with van der Waals surface area (Å²) in [5, 5.41) is 7.10. The second-order valence-corrected chi connectivity index (χ2v) is 8.03. The van der Waals surface area contributed by atoms with E-state index in [1.54, 1.807) is 7.11 Å². The second kappa shape index (κ2) is 7.20. The predicted octanol–water partition coefficient (Wildman–Crippen LogP) is 5.52. The van der Waals surface area contributed by atoms with Crippen LogP contribution in [0.5, 0.6) is 5.75 Å². The molecule has 0 fully saturated rings. The molecule has 1 aliphatic rings. The van der Waals surface area contributed by atoms with Gasteiger partial charge in [-0.2, -0.15) is 5.10 Å². The van der Waals surface area contributed by atoms with Crippen molar-refractivity contribution in [3.63, 3.8) is 0 Å². The zero-order valence-electron chi connectivity index (χ0n) is 17.4.